The monoisotopic (exact) mass is 301 g/mol. The fraction of sp³-hybridized carbons (Fsp3) is 0. The van der Waals surface area contributed by atoms with Crippen molar-refractivity contribution in [3.05, 3.63) is 41.1 Å². The fourth-order valence-corrected chi connectivity index (χ4v) is 2.18. The minimum absolute atomic E-state index is 0.182. The molecule has 0 aliphatic rings. The molecule has 18 heavy (non-hydrogen) atoms. The van der Waals surface area contributed by atoms with Crippen LogP contribution in [0, 0.1) is 0 Å². The van der Waals surface area contributed by atoms with Gasteiger partial charge in [0.15, 0.2) is 5.82 Å². The van der Waals surface area contributed by atoms with Crippen molar-refractivity contribution in [2.45, 2.75) is 0 Å². The molecule has 1 aromatic carbocycles. The Balaban J connectivity index is 2.26. The van der Waals surface area contributed by atoms with Gasteiger partial charge in [0, 0.05) is 9.86 Å². The van der Waals surface area contributed by atoms with Crippen LogP contribution in [-0.2, 0) is 0 Å². The Morgan fingerprint density at radius 3 is 2.72 bits per heavy atom. The van der Waals surface area contributed by atoms with Crippen LogP contribution in [0.3, 0.4) is 0 Å². The number of nitrogens with two attached hydrogens (primary N) is 1. The highest BCUT2D eigenvalue weighted by Crippen LogP contribution is 2.27. The van der Waals surface area contributed by atoms with Crippen LogP contribution in [0.2, 0.25) is 0 Å². The quantitative estimate of drug-likeness (QED) is 0.747. The van der Waals surface area contributed by atoms with Gasteiger partial charge in [-0.05, 0) is 28.1 Å². The van der Waals surface area contributed by atoms with Crippen molar-refractivity contribution in [3.63, 3.8) is 0 Å². The van der Waals surface area contributed by atoms with Gasteiger partial charge in [0.05, 0.1) is 5.52 Å². The van der Waals surface area contributed by atoms with Crippen LogP contribution in [-0.4, -0.2) is 19.9 Å². The average molecular weight is 302 g/mol. The van der Waals surface area contributed by atoms with Crippen molar-refractivity contribution >= 4 is 32.8 Å². The highest BCUT2D eigenvalue weighted by molar-refractivity contribution is 9.10. The summed E-state index contributed by atoms with van der Waals surface area (Å²) in [6.07, 6.45) is 1.38. The molecular weight excluding hydrogens is 294 g/mol. The van der Waals surface area contributed by atoms with Crippen LogP contribution in [0.4, 0.5) is 5.95 Å². The summed E-state index contributed by atoms with van der Waals surface area (Å²) in [7, 11) is 0. The molecule has 0 unspecified atom stereocenters. The number of anilines is 1. The molecule has 2 heterocycles. The molecule has 0 saturated carbocycles. The lowest BCUT2D eigenvalue weighted by Gasteiger charge is -2.04. The number of rotatable bonds is 1. The van der Waals surface area contributed by atoms with Crippen LogP contribution >= 0.6 is 15.9 Å². The number of pyridine rings is 1. The van der Waals surface area contributed by atoms with Gasteiger partial charge < -0.3 is 5.73 Å². The highest BCUT2D eigenvalue weighted by atomic mass is 79.9. The molecule has 0 fully saturated rings. The number of benzene rings is 1. The first kappa shape index (κ1) is 11.0. The summed E-state index contributed by atoms with van der Waals surface area (Å²) < 4.78 is 0.826. The Morgan fingerprint density at radius 1 is 1.06 bits per heavy atom. The zero-order valence-electron chi connectivity index (χ0n) is 9.21. The van der Waals surface area contributed by atoms with Gasteiger partial charge in [-0.1, -0.05) is 18.2 Å². The Labute approximate surface area is 111 Å². The first-order chi connectivity index (χ1) is 8.74. The largest absolute Gasteiger partial charge is 0.368 e. The van der Waals surface area contributed by atoms with Gasteiger partial charge in [-0.25, -0.2) is 15.0 Å². The third kappa shape index (κ3) is 1.91. The molecule has 6 heteroatoms. The molecule has 0 atom stereocenters. The summed E-state index contributed by atoms with van der Waals surface area (Å²) in [4.78, 5) is 16.5. The van der Waals surface area contributed by atoms with Crippen molar-refractivity contribution in [3.8, 4) is 11.5 Å². The van der Waals surface area contributed by atoms with E-state index in [9.17, 15) is 0 Å². The second-order valence-corrected chi connectivity index (χ2v) is 4.53. The first-order valence-electron chi connectivity index (χ1n) is 5.24. The van der Waals surface area contributed by atoms with Gasteiger partial charge >= 0.3 is 0 Å². The Bertz CT molecular complexity index is 728. The van der Waals surface area contributed by atoms with Gasteiger partial charge in [0.1, 0.15) is 12.0 Å². The molecule has 0 bridgehead atoms. The van der Waals surface area contributed by atoms with Crippen molar-refractivity contribution in [1.29, 1.82) is 0 Å². The van der Waals surface area contributed by atoms with Gasteiger partial charge in [-0.2, -0.15) is 4.98 Å². The molecule has 3 aromatic rings. The van der Waals surface area contributed by atoms with Crippen LogP contribution in [0.25, 0.3) is 22.4 Å². The maximum atomic E-state index is 5.55. The molecule has 2 aromatic heterocycles. The second-order valence-electron chi connectivity index (χ2n) is 3.68. The summed E-state index contributed by atoms with van der Waals surface area (Å²) in [5.74, 6) is 0.641. The molecule has 3 rings (SSSR count). The Kier molecular flexibility index (Phi) is 2.64. The predicted octanol–water partition coefficient (Wildman–Crippen LogP) is 2.43. The van der Waals surface area contributed by atoms with E-state index in [1.807, 2.05) is 30.3 Å². The van der Waals surface area contributed by atoms with E-state index < -0.39 is 0 Å². The lowest BCUT2D eigenvalue weighted by molar-refractivity contribution is 1.06. The van der Waals surface area contributed by atoms with Crippen LogP contribution in [0.5, 0.6) is 0 Å². The molecule has 0 radical (unpaired) electrons. The molecule has 5 nitrogen and oxygen atoms in total. The number of aromatic nitrogens is 4. The molecule has 2 N–H and O–H groups in total. The molecule has 88 valence electrons. The number of hydrogen-bond donors (Lipinski definition) is 1. The van der Waals surface area contributed by atoms with Crippen molar-refractivity contribution in [2.75, 3.05) is 5.73 Å². The van der Waals surface area contributed by atoms with E-state index in [0.29, 0.717) is 11.5 Å². The Hall–Kier alpha value is -2.08. The van der Waals surface area contributed by atoms with E-state index in [0.717, 1.165) is 15.4 Å². The minimum atomic E-state index is 0.182. The Morgan fingerprint density at radius 2 is 1.89 bits per heavy atom. The van der Waals surface area contributed by atoms with E-state index >= 15 is 0 Å². The molecular formula is C12H8BrN5. The molecule has 0 saturated heterocycles. The SMILES string of the molecule is Nc1ncnc(-c2nc3ccccc3cc2Br)n1. The van der Waals surface area contributed by atoms with Crippen molar-refractivity contribution in [2.24, 2.45) is 0 Å². The van der Waals surface area contributed by atoms with Crippen LogP contribution < -0.4 is 5.73 Å². The molecule has 0 aliphatic heterocycles. The zero-order chi connectivity index (χ0) is 12.5. The van der Waals surface area contributed by atoms with Gasteiger partial charge in [-0.15, -0.1) is 0 Å². The first-order valence-corrected chi connectivity index (χ1v) is 6.03. The lowest BCUT2D eigenvalue weighted by atomic mass is 10.2. The maximum absolute atomic E-state index is 5.55. The van der Waals surface area contributed by atoms with Crippen molar-refractivity contribution in [1.82, 2.24) is 19.9 Å². The maximum Gasteiger partial charge on any atom is 0.223 e. The molecule has 0 amide bonds. The number of nitrogens with zero attached hydrogens (tertiary/aromatic N) is 4. The van der Waals surface area contributed by atoms with E-state index in [1.165, 1.54) is 6.33 Å². The molecule has 0 aliphatic carbocycles. The van der Waals surface area contributed by atoms with E-state index in [-0.39, 0.29) is 5.95 Å². The number of halogens is 1. The fourth-order valence-electron chi connectivity index (χ4n) is 1.67. The van der Waals surface area contributed by atoms with Gasteiger partial charge in [0.2, 0.25) is 5.95 Å². The second kappa shape index (κ2) is 4.30. The summed E-state index contributed by atoms with van der Waals surface area (Å²) in [6, 6.07) is 9.83. The van der Waals surface area contributed by atoms with Gasteiger partial charge in [0.25, 0.3) is 0 Å². The van der Waals surface area contributed by atoms with Gasteiger partial charge in [-0.3, -0.25) is 0 Å². The topological polar surface area (TPSA) is 77.6 Å². The van der Waals surface area contributed by atoms with Crippen LogP contribution in [0.15, 0.2) is 41.1 Å². The van der Waals surface area contributed by atoms with E-state index in [2.05, 4.69) is 35.9 Å². The summed E-state index contributed by atoms with van der Waals surface area (Å²) >= 11 is 3.47. The van der Waals surface area contributed by atoms with E-state index in [4.69, 9.17) is 5.73 Å². The van der Waals surface area contributed by atoms with Crippen molar-refractivity contribution < 1.29 is 0 Å². The zero-order valence-corrected chi connectivity index (χ0v) is 10.8. The third-order valence-electron chi connectivity index (χ3n) is 2.48. The summed E-state index contributed by atoms with van der Waals surface area (Å²) in [5, 5.41) is 1.05. The normalized spacial score (nSPS) is 10.7. The number of para-hydroxylation sites is 1. The number of hydrogen-bond acceptors (Lipinski definition) is 5. The smallest absolute Gasteiger partial charge is 0.223 e. The highest BCUT2D eigenvalue weighted by Gasteiger charge is 2.10. The summed E-state index contributed by atoms with van der Waals surface area (Å²) in [6.45, 7) is 0. The minimum Gasteiger partial charge on any atom is -0.368 e. The lowest BCUT2D eigenvalue weighted by Crippen LogP contribution is -2.00. The summed E-state index contributed by atoms with van der Waals surface area (Å²) in [5.41, 5.74) is 7.09. The van der Waals surface area contributed by atoms with Crippen LogP contribution in [0.1, 0.15) is 0 Å². The molecule has 0 spiro atoms. The predicted molar refractivity (Wildman–Crippen MR) is 72.7 cm³/mol. The average Bonchev–Trinajstić information content (AvgIpc) is 2.38. The standard InChI is InChI=1S/C12H8BrN5/c13-8-5-7-3-1-2-4-9(7)17-10(8)11-15-6-16-12(14)18-11/h1-6H,(H2,14,15,16,18). The number of nitrogen functional groups attached to an aromatic ring is 1. The third-order valence-corrected chi connectivity index (χ3v) is 3.08. The van der Waals surface area contributed by atoms with E-state index in [1.54, 1.807) is 0 Å². The number of fused-ring (bicyclic) bond motifs is 1.